The standard InChI is InChI=1S/C20H24N2O/c1-15-5-10-19(16(2)13-15)21-20(23)18-8-6-17(7-9-18)14-22-11-3-4-12-22/h5-10,13H,3-4,11-12,14H2,1-2H3,(H,21,23). The molecule has 0 bridgehead atoms. The van der Waals surface area contributed by atoms with Gasteiger partial charge >= 0.3 is 0 Å². The lowest BCUT2D eigenvalue weighted by Gasteiger charge is -2.14. The second-order valence-corrected chi connectivity index (χ2v) is 6.45. The van der Waals surface area contributed by atoms with Crippen LogP contribution >= 0.6 is 0 Å². The molecule has 23 heavy (non-hydrogen) atoms. The van der Waals surface area contributed by atoms with E-state index in [1.54, 1.807) is 0 Å². The lowest BCUT2D eigenvalue weighted by atomic mass is 10.1. The highest BCUT2D eigenvalue weighted by Crippen LogP contribution is 2.18. The smallest absolute Gasteiger partial charge is 0.255 e. The van der Waals surface area contributed by atoms with E-state index >= 15 is 0 Å². The highest BCUT2D eigenvalue weighted by Gasteiger charge is 2.12. The SMILES string of the molecule is Cc1ccc(NC(=O)c2ccc(CN3CCCC3)cc2)c(C)c1. The van der Waals surface area contributed by atoms with E-state index in [1.165, 1.54) is 37.1 Å². The third-order valence-electron chi connectivity index (χ3n) is 4.45. The molecule has 1 aliphatic heterocycles. The van der Waals surface area contributed by atoms with Crippen LogP contribution in [0.2, 0.25) is 0 Å². The van der Waals surface area contributed by atoms with Crippen molar-refractivity contribution in [3.05, 3.63) is 64.7 Å². The Morgan fingerprint density at radius 1 is 1.04 bits per heavy atom. The zero-order valence-electron chi connectivity index (χ0n) is 13.9. The molecule has 0 radical (unpaired) electrons. The van der Waals surface area contributed by atoms with E-state index in [-0.39, 0.29) is 5.91 Å². The van der Waals surface area contributed by atoms with Gasteiger partial charge in [0.25, 0.3) is 5.91 Å². The van der Waals surface area contributed by atoms with Crippen molar-refractivity contribution >= 4 is 11.6 Å². The van der Waals surface area contributed by atoms with Crippen LogP contribution in [-0.2, 0) is 6.54 Å². The number of nitrogens with one attached hydrogen (secondary N) is 1. The first-order chi connectivity index (χ1) is 11.1. The molecule has 1 fully saturated rings. The lowest BCUT2D eigenvalue weighted by Crippen LogP contribution is -2.18. The number of carbonyl (C=O) groups is 1. The van der Waals surface area contributed by atoms with Gasteiger partial charge in [0.05, 0.1) is 0 Å². The van der Waals surface area contributed by atoms with E-state index in [0.717, 1.165) is 17.8 Å². The van der Waals surface area contributed by atoms with Gasteiger partial charge in [0, 0.05) is 17.8 Å². The Bertz CT molecular complexity index is 685. The second-order valence-electron chi connectivity index (χ2n) is 6.45. The molecule has 0 unspecified atom stereocenters. The van der Waals surface area contributed by atoms with E-state index < -0.39 is 0 Å². The highest BCUT2D eigenvalue weighted by molar-refractivity contribution is 6.04. The monoisotopic (exact) mass is 308 g/mol. The van der Waals surface area contributed by atoms with Crippen molar-refractivity contribution in [2.75, 3.05) is 18.4 Å². The molecule has 1 saturated heterocycles. The van der Waals surface area contributed by atoms with Crippen LogP contribution in [0.3, 0.4) is 0 Å². The van der Waals surface area contributed by atoms with E-state index in [9.17, 15) is 4.79 Å². The average Bonchev–Trinajstić information content (AvgIpc) is 3.04. The number of anilines is 1. The fraction of sp³-hybridized carbons (Fsp3) is 0.350. The van der Waals surface area contributed by atoms with Crippen molar-refractivity contribution in [1.82, 2.24) is 4.90 Å². The molecule has 0 aromatic heterocycles. The fourth-order valence-electron chi connectivity index (χ4n) is 3.11. The largest absolute Gasteiger partial charge is 0.322 e. The van der Waals surface area contributed by atoms with E-state index in [4.69, 9.17) is 0 Å². The number of rotatable bonds is 4. The molecule has 0 spiro atoms. The van der Waals surface area contributed by atoms with Crippen molar-refractivity contribution in [1.29, 1.82) is 0 Å². The predicted octanol–water partition coefficient (Wildman–Crippen LogP) is 4.15. The summed E-state index contributed by atoms with van der Waals surface area (Å²) in [6.45, 7) is 7.43. The Morgan fingerprint density at radius 2 is 1.74 bits per heavy atom. The number of likely N-dealkylation sites (tertiary alicyclic amines) is 1. The normalized spacial score (nSPS) is 14.9. The summed E-state index contributed by atoms with van der Waals surface area (Å²) in [6.07, 6.45) is 2.60. The van der Waals surface area contributed by atoms with Crippen molar-refractivity contribution in [3.63, 3.8) is 0 Å². The topological polar surface area (TPSA) is 32.3 Å². The predicted molar refractivity (Wildman–Crippen MR) is 94.8 cm³/mol. The number of aryl methyl sites for hydroxylation is 2. The van der Waals surface area contributed by atoms with Gasteiger partial charge in [0.1, 0.15) is 0 Å². The Balaban J connectivity index is 1.65. The molecule has 120 valence electrons. The molecular weight excluding hydrogens is 284 g/mol. The van der Waals surface area contributed by atoms with E-state index in [1.807, 2.05) is 31.2 Å². The fourth-order valence-corrected chi connectivity index (χ4v) is 3.11. The molecule has 3 rings (SSSR count). The molecule has 2 aromatic rings. The molecule has 1 heterocycles. The molecule has 1 aliphatic rings. The summed E-state index contributed by atoms with van der Waals surface area (Å²) in [5.41, 5.74) is 5.14. The Kier molecular flexibility index (Phi) is 4.77. The maximum absolute atomic E-state index is 12.4. The molecule has 3 nitrogen and oxygen atoms in total. The van der Waals surface area contributed by atoms with Gasteiger partial charge in [-0.15, -0.1) is 0 Å². The van der Waals surface area contributed by atoms with Crippen molar-refractivity contribution in [2.45, 2.75) is 33.2 Å². The summed E-state index contributed by atoms with van der Waals surface area (Å²) in [4.78, 5) is 14.8. The minimum absolute atomic E-state index is 0.0512. The van der Waals surface area contributed by atoms with Crippen LogP contribution in [0, 0.1) is 13.8 Å². The number of nitrogens with zero attached hydrogens (tertiary/aromatic N) is 1. The number of benzene rings is 2. The van der Waals surface area contributed by atoms with Gasteiger partial charge in [-0.05, 0) is 69.1 Å². The van der Waals surface area contributed by atoms with Gasteiger partial charge in [-0.25, -0.2) is 0 Å². The summed E-state index contributed by atoms with van der Waals surface area (Å²) >= 11 is 0. The minimum atomic E-state index is -0.0512. The molecule has 0 atom stereocenters. The number of amides is 1. The van der Waals surface area contributed by atoms with Crippen LogP contribution in [0.15, 0.2) is 42.5 Å². The number of carbonyl (C=O) groups excluding carboxylic acids is 1. The van der Waals surface area contributed by atoms with Crippen LogP contribution in [0.1, 0.15) is 39.9 Å². The summed E-state index contributed by atoms with van der Waals surface area (Å²) in [7, 11) is 0. The number of hydrogen-bond donors (Lipinski definition) is 1. The Morgan fingerprint density at radius 3 is 2.39 bits per heavy atom. The molecule has 1 amide bonds. The Hall–Kier alpha value is -2.13. The van der Waals surface area contributed by atoms with Gasteiger partial charge in [-0.1, -0.05) is 29.8 Å². The van der Waals surface area contributed by atoms with Gasteiger partial charge in [0.2, 0.25) is 0 Å². The van der Waals surface area contributed by atoms with Crippen LogP contribution in [0.25, 0.3) is 0 Å². The zero-order valence-corrected chi connectivity index (χ0v) is 13.9. The highest BCUT2D eigenvalue weighted by atomic mass is 16.1. The third kappa shape index (κ3) is 3.99. The first-order valence-electron chi connectivity index (χ1n) is 8.32. The van der Waals surface area contributed by atoms with Gasteiger partial charge < -0.3 is 5.32 Å². The summed E-state index contributed by atoms with van der Waals surface area (Å²) < 4.78 is 0. The molecule has 2 aromatic carbocycles. The van der Waals surface area contributed by atoms with Gasteiger partial charge in [-0.3, -0.25) is 9.69 Å². The van der Waals surface area contributed by atoms with E-state index in [2.05, 4.69) is 35.3 Å². The molecule has 0 aliphatic carbocycles. The maximum Gasteiger partial charge on any atom is 0.255 e. The van der Waals surface area contributed by atoms with Crippen molar-refractivity contribution < 1.29 is 4.79 Å². The van der Waals surface area contributed by atoms with Crippen LogP contribution < -0.4 is 5.32 Å². The summed E-state index contributed by atoms with van der Waals surface area (Å²) in [5, 5.41) is 3.00. The lowest BCUT2D eigenvalue weighted by molar-refractivity contribution is 0.102. The first-order valence-corrected chi connectivity index (χ1v) is 8.32. The van der Waals surface area contributed by atoms with Crippen LogP contribution in [0.5, 0.6) is 0 Å². The summed E-state index contributed by atoms with van der Waals surface area (Å²) in [5.74, 6) is -0.0512. The molecule has 1 N–H and O–H groups in total. The van der Waals surface area contributed by atoms with Gasteiger partial charge in [-0.2, -0.15) is 0 Å². The zero-order chi connectivity index (χ0) is 16.2. The number of hydrogen-bond acceptors (Lipinski definition) is 2. The van der Waals surface area contributed by atoms with Crippen molar-refractivity contribution in [3.8, 4) is 0 Å². The second kappa shape index (κ2) is 6.97. The molecular formula is C20H24N2O. The molecule has 0 saturated carbocycles. The van der Waals surface area contributed by atoms with Crippen molar-refractivity contribution in [2.24, 2.45) is 0 Å². The minimum Gasteiger partial charge on any atom is -0.322 e. The van der Waals surface area contributed by atoms with E-state index in [0.29, 0.717) is 5.56 Å². The Labute approximate surface area is 138 Å². The maximum atomic E-state index is 12.4. The summed E-state index contributed by atoms with van der Waals surface area (Å²) in [6, 6.07) is 14.0. The van der Waals surface area contributed by atoms with Crippen LogP contribution in [0.4, 0.5) is 5.69 Å². The molecule has 3 heteroatoms. The average molecular weight is 308 g/mol. The van der Waals surface area contributed by atoms with Crippen LogP contribution in [-0.4, -0.2) is 23.9 Å². The quantitative estimate of drug-likeness (QED) is 0.920. The third-order valence-corrected chi connectivity index (χ3v) is 4.45. The first kappa shape index (κ1) is 15.8. The van der Waals surface area contributed by atoms with Gasteiger partial charge in [0.15, 0.2) is 0 Å².